The van der Waals surface area contributed by atoms with Crippen LogP contribution >= 0.6 is 0 Å². The molecule has 0 unspecified atom stereocenters. The van der Waals surface area contributed by atoms with Crippen molar-refractivity contribution < 1.29 is 9.90 Å². The van der Waals surface area contributed by atoms with Crippen molar-refractivity contribution in [3.05, 3.63) is 59.4 Å². The third-order valence-corrected chi connectivity index (χ3v) is 3.49. The first-order chi connectivity index (χ1) is 9.24. The SMILES string of the molecule is O=C(O)c1ccc2c(c1)CN(c1ccncc1)CC2. The summed E-state index contributed by atoms with van der Waals surface area (Å²) in [5.74, 6) is -0.871. The number of carboxylic acid groups (broad SMARTS) is 1. The molecule has 96 valence electrons. The summed E-state index contributed by atoms with van der Waals surface area (Å²) >= 11 is 0. The number of carboxylic acids is 1. The van der Waals surface area contributed by atoms with Gasteiger partial charge >= 0.3 is 5.97 Å². The lowest BCUT2D eigenvalue weighted by Gasteiger charge is -2.30. The molecular formula is C15H14N2O2. The van der Waals surface area contributed by atoms with E-state index in [4.69, 9.17) is 5.11 Å². The van der Waals surface area contributed by atoms with E-state index >= 15 is 0 Å². The van der Waals surface area contributed by atoms with Crippen LogP contribution in [0, 0.1) is 0 Å². The second-order valence-electron chi connectivity index (χ2n) is 4.67. The van der Waals surface area contributed by atoms with Gasteiger partial charge < -0.3 is 10.0 Å². The highest BCUT2D eigenvalue weighted by Crippen LogP contribution is 2.24. The summed E-state index contributed by atoms with van der Waals surface area (Å²) in [6.07, 6.45) is 4.49. The average molecular weight is 254 g/mol. The Balaban J connectivity index is 1.90. The van der Waals surface area contributed by atoms with Crippen LogP contribution in [0.2, 0.25) is 0 Å². The Bertz CT molecular complexity index is 611. The molecule has 2 aromatic rings. The maximum atomic E-state index is 11.0. The van der Waals surface area contributed by atoms with Crippen molar-refractivity contribution in [2.45, 2.75) is 13.0 Å². The molecule has 0 saturated heterocycles. The van der Waals surface area contributed by atoms with E-state index in [1.165, 1.54) is 5.56 Å². The van der Waals surface area contributed by atoms with Crippen LogP contribution in [0.4, 0.5) is 5.69 Å². The summed E-state index contributed by atoms with van der Waals surface area (Å²) in [6, 6.07) is 9.36. The van der Waals surface area contributed by atoms with Crippen molar-refractivity contribution in [2.75, 3.05) is 11.4 Å². The predicted octanol–water partition coefficient (Wildman–Crippen LogP) is 2.34. The number of pyridine rings is 1. The number of nitrogens with zero attached hydrogens (tertiary/aromatic N) is 2. The molecule has 0 aliphatic carbocycles. The Morgan fingerprint density at radius 2 is 1.95 bits per heavy atom. The molecule has 1 aliphatic rings. The molecule has 3 rings (SSSR count). The van der Waals surface area contributed by atoms with Gasteiger partial charge in [-0.3, -0.25) is 4.98 Å². The Morgan fingerprint density at radius 3 is 2.68 bits per heavy atom. The molecule has 0 spiro atoms. The van der Waals surface area contributed by atoms with Gasteiger partial charge in [-0.2, -0.15) is 0 Å². The minimum atomic E-state index is -0.871. The Kier molecular flexibility index (Phi) is 2.91. The van der Waals surface area contributed by atoms with E-state index in [1.807, 2.05) is 18.2 Å². The number of benzene rings is 1. The topological polar surface area (TPSA) is 53.4 Å². The second kappa shape index (κ2) is 4.72. The van der Waals surface area contributed by atoms with Gasteiger partial charge in [0.05, 0.1) is 5.56 Å². The lowest BCUT2D eigenvalue weighted by molar-refractivity contribution is 0.0696. The number of fused-ring (bicyclic) bond motifs is 1. The zero-order valence-electron chi connectivity index (χ0n) is 10.4. The first-order valence-electron chi connectivity index (χ1n) is 6.24. The van der Waals surface area contributed by atoms with Gasteiger partial charge in [-0.25, -0.2) is 4.79 Å². The second-order valence-corrected chi connectivity index (χ2v) is 4.67. The van der Waals surface area contributed by atoms with Gasteiger partial charge in [-0.1, -0.05) is 6.07 Å². The molecule has 0 amide bonds. The molecule has 0 fully saturated rings. The van der Waals surface area contributed by atoms with Gasteiger partial charge in [0.15, 0.2) is 0 Å². The monoisotopic (exact) mass is 254 g/mol. The highest BCUT2D eigenvalue weighted by molar-refractivity contribution is 5.88. The van der Waals surface area contributed by atoms with Gasteiger partial charge in [-0.05, 0) is 41.8 Å². The molecule has 0 saturated carbocycles. The third-order valence-electron chi connectivity index (χ3n) is 3.49. The zero-order chi connectivity index (χ0) is 13.2. The van der Waals surface area contributed by atoms with Crippen molar-refractivity contribution in [2.24, 2.45) is 0 Å². The van der Waals surface area contributed by atoms with Crippen LogP contribution in [-0.4, -0.2) is 22.6 Å². The van der Waals surface area contributed by atoms with Gasteiger partial charge in [0.25, 0.3) is 0 Å². The zero-order valence-corrected chi connectivity index (χ0v) is 10.4. The van der Waals surface area contributed by atoms with Gasteiger partial charge in [0.1, 0.15) is 0 Å². The van der Waals surface area contributed by atoms with E-state index in [1.54, 1.807) is 24.5 Å². The van der Waals surface area contributed by atoms with Crippen LogP contribution < -0.4 is 4.90 Å². The molecule has 1 aromatic heterocycles. The molecule has 4 heteroatoms. The molecule has 0 atom stereocenters. The quantitative estimate of drug-likeness (QED) is 0.893. The Labute approximate surface area is 111 Å². The molecule has 0 radical (unpaired) electrons. The maximum Gasteiger partial charge on any atom is 0.335 e. The van der Waals surface area contributed by atoms with Crippen molar-refractivity contribution in [3.8, 4) is 0 Å². The fourth-order valence-corrected chi connectivity index (χ4v) is 2.47. The maximum absolute atomic E-state index is 11.0. The van der Waals surface area contributed by atoms with E-state index < -0.39 is 5.97 Å². The van der Waals surface area contributed by atoms with Crippen LogP contribution in [0.5, 0.6) is 0 Å². The number of rotatable bonds is 2. The Hall–Kier alpha value is -2.36. The first-order valence-corrected chi connectivity index (χ1v) is 6.24. The van der Waals surface area contributed by atoms with Crippen LogP contribution in [0.1, 0.15) is 21.5 Å². The summed E-state index contributed by atoms with van der Waals surface area (Å²) in [5, 5.41) is 9.05. The number of carbonyl (C=O) groups is 1. The predicted molar refractivity (Wildman–Crippen MR) is 72.4 cm³/mol. The first kappa shape index (κ1) is 11.7. The fraction of sp³-hybridized carbons (Fsp3) is 0.200. The molecule has 1 aromatic carbocycles. The van der Waals surface area contributed by atoms with Crippen molar-refractivity contribution in [3.63, 3.8) is 0 Å². The number of aromatic carboxylic acids is 1. The van der Waals surface area contributed by atoms with Gasteiger partial charge in [-0.15, -0.1) is 0 Å². The highest BCUT2D eigenvalue weighted by Gasteiger charge is 2.17. The smallest absolute Gasteiger partial charge is 0.335 e. The summed E-state index contributed by atoms with van der Waals surface area (Å²) in [7, 11) is 0. The van der Waals surface area contributed by atoms with Crippen LogP contribution in [-0.2, 0) is 13.0 Å². The number of anilines is 1. The highest BCUT2D eigenvalue weighted by atomic mass is 16.4. The molecule has 0 bridgehead atoms. The molecule has 2 heterocycles. The van der Waals surface area contributed by atoms with Crippen molar-refractivity contribution in [1.82, 2.24) is 4.98 Å². The summed E-state index contributed by atoms with van der Waals surface area (Å²) in [5.41, 5.74) is 3.83. The van der Waals surface area contributed by atoms with E-state index in [0.717, 1.165) is 30.8 Å². The van der Waals surface area contributed by atoms with E-state index in [0.29, 0.717) is 5.56 Å². The number of aromatic nitrogens is 1. The lowest BCUT2D eigenvalue weighted by Crippen LogP contribution is -2.30. The average Bonchev–Trinajstić information content (AvgIpc) is 2.47. The third kappa shape index (κ3) is 2.29. The fourth-order valence-electron chi connectivity index (χ4n) is 2.47. The normalized spacial score (nSPS) is 14.0. The minimum absolute atomic E-state index is 0.357. The molecule has 1 N–H and O–H groups in total. The van der Waals surface area contributed by atoms with Crippen molar-refractivity contribution >= 4 is 11.7 Å². The number of hydrogen-bond acceptors (Lipinski definition) is 3. The van der Waals surface area contributed by atoms with Crippen molar-refractivity contribution in [1.29, 1.82) is 0 Å². The van der Waals surface area contributed by atoms with Crippen LogP contribution in [0.25, 0.3) is 0 Å². The number of hydrogen-bond donors (Lipinski definition) is 1. The summed E-state index contributed by atoms with van der Waals surface area (Å²) in [4.78, 5) is 17.3. The molecule has 19 heavy (non-hydrogen) atoms. The summed E-state index contributed by atoms with van der Waals surface area (Å²) in [6.45, 7) is 1.70. The lowest BCUT2D eigenvalue weighted by atomic mass is 9.97. The van der Waals surface area contributed by atoms with Gasteiger partial charge in [0, 0.05) is 31.2 Å². The van der Waals surface area contributed by atoms with Gasteiger partial charge in [0.2, 0.25) is 0 Å². The minimum Gasteiger partial charge on any atom is -0.478 e. The van der Waals surface area contributed by atoms with Crippen LogP contribution in [0.15, 0.2) is 42.7 Å². The van der Waals surface area contributed by atoms with E-state index in [2.05, 4.69) is 9.88 Å². The van der Waals surface area contributed by atoms with Crippen LogP contribution in [0.3, 0.4) is 0 Å². The molecule has 4 nitrogen and oxygen atoms in total. The van der Waals surface area contributed by atoms with E-state index in [9.17, 15) is 4.79 Å². The molecular weight excluding hydrogens is 240 g/mol. The molecule has 1 aliphatic heterocycles. The summed E-state index contributed by atoms with van der Waals surface area (Å²) < 4.78 is 0. The standard InChI is InChI=1S/C15H14N2O2/c18-15(19)12-2-1-11-5-8-17(10-13(11)9-12)14-3-6-16-7-4-14/h1-4,6-7,9H,5,8,10H2,(H,18,19). The Morgan fingerprint density at radius 1 is 1.16 bits per heavy atom. The van der Waals surface area contributed by atoms with E-state index in [-0.39, 0.29) is 0 Å². The largest absolute Gasteiger partial charge is 0.478 e.